The van der Waals surface area contributed by atoms with Crippen LogP contribution in [-0.4, -0.2) is 51.1 Å². The van der Waals surface area contributed by atoms with Crippen LogP contribution in [0.15, 0.2) is 0 Å². The van der Waals surface area contributed by atoms with E-state index in [0.29, 0.717) is 0 Å². The summed E-state index contributed by atoms with van der Waals surface area (Å²) in [6.45, 7) is 0.826. The SMILES string of the molecule is C[C@]1(O)[C@H](O)O[C@H](CO)[C@H]1O. The van der Waals surface area contributed by atoms with Crippen LogP contribution in [-0.2, 0) is 4.74 Å². The molecule has 1 fully saturated rings. The predicted octanol–water partition coefficient (Wildman–Crippen LogP) is -2.19. The third kappa shape index (κ3) is 1.25. The molecule has 1 aliphatic rings. The van der Waals surface area contributed by atoms with Crippen LogP contribution in [0.4, 0.5) is 0 Å². The zero-order chi connectivity index (χ0) is 8.65. The van der Waals surface area contributed by atoms with Crippen molar-refractivity contribution in [2.75, 3.05) is 6.61 Å². The highest BCUT2D eigenvalue weighted by molar-refractivity contribution is 4.95. The Kier molecular flexibility index (Phi) is 2.17. The van der Waals surface area contributed by atoms with Crippen LogP contribution in [0.2, 0.25) is 0 Å². The zero-order valence-corrected chi connectivity index (χ0v) is 6.14. The Morgan fingerprint density at radius 3 is 2.18 bits per heavy atom. The van der Waals surface area contributed by atoms with E-state index in [2.05, 4.69) is 4.74 Å². The van der Waals surface area contributed by atoms with Crippen molar-refractivity contribution in [3.05, 3.63) is 0 Å². The monoisotopic (exact) mass is 164 g/mol. The fraction of sp³-hybridized carbons (Fsp3) is 1.00. The summed E-state index contributed by atoms with van der Waals surface area (Å²) in [5.74, 6) is 0. The average molecular weight is 164 g/mol. The van der Waals surface area contributed by atoms with Crippen LogP contribution in [0, 0.1) is 0 Å². The van der Waals surface area contributed by atoms with Crippen LogP contribution >= 0.6 is 0 Å². The smallest absolute Gasteiger partial charge is 0.186 e. The third-order valence-electron chi connectivity index (χ3n) is 1.93. The topological polar surface area (TPSA) is 90.2 Å². The van der Waals surface area contributed by atoms with Gasteiger partial charge in [0, 0.05) is 0 Å². The molecule has 0 aliphatic carbocycles. The molecule has 1 aliphatic heterocycles. The Balaban J connectivity index is 2.71. The lowest BCUT2D eigenvalue weighted by atomic mass is 9.98. The van der Waals surface area contributed by atoms with Gasteiger partial charge in [-0.2, -0.15) is 0 Å². The normalized spacial score (nSPS) is 51.5. The molecule has 1 rings (SSSR count). The Morgan fingerprint density at radius 1 is 1.45 bits per heavy atom. The molecule has 0 bridgehead atoms. The second-order valence-corrected chi connectivity index (χ2v) is 2.88. The number of ether oxygens (including phenoxy) is 1. The van der Waals surface area contributed by atoms with Gasteiger partial charge in [0.15, 0.2) is 6.29 Å². The molecule has 0 radical (unpaired) electrons. The first kappa shape index (κ1) is 8.89. The molecule has 66 valence electrons. The molecule has 4 N–H and O–H groups in total. The first-order chi connectivity index (χ1) is 5.00. The van der Waals surface area contributed by atoms with Crippen molar-refractivity contribution in [3.63, 3.8) is 0 Å². The molecule has 0 amide bonds. The molecule has 0 aromatic heterocycles. The fourth-order valence-corrected chi connectivity index (χ4v) is 1.04. The lowest BCUT2D eigenvalue weighted by molar-refractivity contribution is -0.169. The van der Waals surface area contributed by atoms with E-state index in [1.165, 1.54) is 6.92 Å². The molecule has 0 aromatic rings. The summed E-state index contributed by atoms with van der Waals surface area (Å²) in [6, 6.07) is 0. The molecular formula is C6H12O5. The maximum absolute atomic E-state index is 9.30. The van der Waals surface area contributed by atoms with Gasteiger partial charge in [0.2, 0.25) is 0 Å². The van der Waals surface area contributed by atoms with Gasteiger partial charge in [0.05, 0.1) is 6.61 Å². The Bertz CT molecular complexity index is 146. The third-order valence-corrected chi connectivity index (χ3v) is 1.93. The van der Waals surface area contributed by atoms with Gasteiger partial charge in [-0.25, -0.2) is 0 Å². The van der Waals surface area contributed by atoms with Crippen molar-refractivity contribution in [2.45, 2.75) is 31.0 Å². The molecule has 1 saturated heterocycles. The van der Waals surface area contributed by atoms with E-state index in [9.17, 15) is 10.2 Å². The van der Waals surface area contributed by atoms with E-state index in [1.807, 2.05) is 0 Å². The molecule has 0 spiro atoms. The summed E-state index contributed by atoms with van der Waals surface area (Å²) in [4.78, 5) is 0. The summed E-state index contributed by atoms with van der Waals surface area (Å²) in [5, 5.41) is 36.1. The summed E-state index contributed by atoms with van der Waals surface area (Å²) in [7, 11) is 0. The summed E-state index contributed by atoms with van der Waals surface area (Å²) >= 11 is 0. The highest BCUT2D eigenvalue weighted by Crippen LogP contribution is 2.28. The maximum atomic E-state index is 9.30. The highest BCUT2D eigenvalue weighted by Gasteiger charge is 2.51. The number of hydrogen-bond donors (Lipinski definition) is 4. The minimum absolute atomic E-state index is 0.422. The number of hydrogen-bond acceptors (Lipinski definition) is 5. The van der Waals surface area contributed by atoms with Gasteiger partial charge >= 0.3 is 0 Å². The van der Waals surface area contributed by atoms with Gasteiger partial charge in [-0.15, -0.1) is 0 Å². The van der Waals surface area contributed by atoms with Crippen LogP contribution in [0.5, 0.6) is 0 Å². The second kappa shape index (κ2) is 2.69. The zero-order valence-electron chi connectivity index (χ0n) is 6.14. The quantitative estimate of drug-likeness (QED) is 0.353. The molecule has 4 atom stereocenters. The standard InChI is InChI=1S/C6H12O5/c1-6(10)4(8)3(2-7)11-5(6)9/h3-5,7-10H,2H2,1H3/t3-,4-,5-,6-/m1/s1. The molecule has 1 heterocycles. The molecular weight excluding hydrogens is 152 g/mol. The van der Waals surface area contributed by atoms with E-state index < -0.39 is 30.7 Å². The molecule has 0 saturated carbocycles. The molecule has 11 heavy (non-hydrogen) atoms. The highest BCUT2D eigenvalue weighted by atomic mass is 16.7. The molecule has 0 unspecified atom stereocenters. The van der Waals surface area contributed by atoms with Gasteiger partial charge in [0.1, 0.15) is 17.8 Å². The molecule has 0 aromatic carbocycles. The summed E-state index contributed by atoms with van der Waals surface area (Å²) in [5.41, 5.74) is -1.69. The number of rotatable bonds is 1. The van der Waals surface area contributed by atoms with Crippen molar-refractivity contribution in [1.29, 1.82) is 0 Å². The van der Waals surface area contributed by atoms with Gasteiger partial charge in [-0.3, -0.25) is 0 Å². The van der Waals surface area contributed by atoms with E-state index in [1.54, 1.807) is 0 Å². The van der Waals surface area contributed by atoms with Gasteiger partial charge in [0.25, 0.3) is 0 Å². The van der Waals surface area contributed by atoms with E-state index in [4.69, 9.17) is 10.2 Å². The summed E-state index contributed by atoms with van der Waals surface area (Å²) in [6.07, 6.45) is -3.59. The minimum atomic E-state index is -1.69. The Labute approximate surface area is 63.8 Å². The number of aliphatic hydroxyl groups excluding tert-OH is 3. The van der Waals surface area contributed by atoms with Crippen molar-refractivity contribution in [3.8, 4) is 0 Å². The van der Waals surface area contributed by atoms with Crippen molar-refractivity contribution in [1.82, 2.24) is 0 Å². The van der Waals surface area contributed by atoms with Crippen LogP contribution in [0.1, 0.15) is 6.92 Å². The van der Waals surface area contributed by atoms with Gasteiger partial charge < -0.3 is 25.2 Å². The van der Waals surface area contributed by atoms with Crippen LogP contribution in [0.3, 0.4) is 0 Å². The van der Waals surface area contributed by atoms with E-state index in [0.717, 1.165) is 0 Å². The Morgan fingerprint density at radius 2 is 2.00 bits per heavy atom. The van der Waals surface area contributed by atoms with Crippen LogP contribution < -0.4 is 0 Å². The Hall–Kier alpha value is -0.200. The minimum Gasteiger partial charge on any atom is -0.394 e. The number of aliphatic hydroxyl groups is 4. The largest absolute Gasteiger partial charge is 0.394 e. The fourth-order valence-electron chi connectivity index (χ4n) is 1.04. The van der Waals surface area contributed by atoms with Crippen molar-refractivity contribution >= 4 is 0 Å². The molecule has 5 heteroatoms. The lowest BCUT2D eigenvalue weighted by Crippen LogP contribution is -2.45. The lowest BCUT2D eigenvalue weighted by Gasteiger charge is -2.22. The van der Waals surface area contributed by atoms with Gasteiger partial charge in [-0.1, -0.05) is 0 Å². The van der Waals surface area contributed by atoms with Gasteiger partial charge in [-0.05, 0) is 6.92 Å². The average Bonchev–Trinajstić information content (AvgIpc) is 2.14. The first-order valence-electron chi connectivity index (χ1n) is 3.35. The second-order valence-electron chi connectivity index (χ2n) is 2.88. The maximum Gasteiger partial charge on any atom is 0.186 e. The van der Waals surface area contributed by atoms with E-state index in [-0.39, 0.29) is 0 Å². The van der Waals surface area contributed by atoms with E-state index >= 15 is 0 Å². The predicted molar refractivity (Wildman–Crippen MR) is 34.6 cm³/mol. The molecule has 5 nitrogen and oxygen atoms in total. The first-order valence-corrected chi connectivity index (χ1v) is 3.35. The van der Waals surface area contributed by atoms with Crippen molar-refractivity contribution in [2.24, 2.45) is 0 Å². The van der Waals surface area contributed by atoms with Crippen molar-refractivity contribution < 1.29 is 25.2 Å². The van der Waals surface area contributed by atoms with Crippen LogP contribution in [0.25, 0.3) is 0 Å². The summed E-state index contributed by atoms with van der Waals surface area (Å²) < 4.78 is 4.64.